The van der Waals surface area contributed by atoms with Crippen LogP contribution < -0.4 is 10.1 Å². The quantitative estimate of drug-likeness (QED) is 0.378. The van der Waals surface area contributed by atoms with Gasteiger partial charge in [0.25, 0.3) is 0 Å². The van der Waals surface area contributed by atoms with E-state index in [1.165, 1.54) is 23.1 Å². The summed E-state index contributed by atoms with van der Waals surface area (Å²) in [6, 6.07) is 9.19. The van der Waals surface area contributed by atoms with Gasteiger partial charge in [-0.3, -0.25) is 9.89 Å². The summed E-state index contributed by atoms with van der Waals surface area (Å²) in [4.78, 5) is 29.9. The van der Waals surface area contributed by atoms with E-state index in [1.54, 1.807) is 20.1 Å². The number of benzene rings is 1. The maximum atomic E-state index is 12.4. The largest absolute Gasteiger partial charge is 0.497 e. The number of methoxy groups -OCH3 is 1. The highest BCUT2D eigenvalue weighted by molar-refractivity contribution is 7.99. The maximum Gasteiger partial charge on any atom is 0.341 e. The number of thioether (sulfide) groups is 1. The molecular formula is C20H22N4O4S2. The van der Waals surface area contributed by atoms with Gasteiger partial charge < -0.3 is 14.8 Å². The summed E-state index contributed by atoms with van der Waals surface area (Å²) >= 11 is 2.58. The van der Waals surface area contributed by atoms with E-state index >= 15 is 0 Å². The number of ether oxygens (including phenoxy) is 2. The Morgan fingerprint density at radius 2 is 2.00 bits per heavy atom. The minimum atomic E-state index is -0.436. The van der Waals surface area contributed by atoms with Crippen LogP contribution in [0.4, 0.5) is 5.00 Å². The molecule has 3 aromatic rings. The van der Waals surface area contributed by atoms with Gasteiger partial charge in [-0.25, -0.2) is 9.78 Å². The number of esters is 1. The van der Waals surface area contributed by atoms with Crippen LogP contribution in [0.2, 0.25) is 0 Å². The van der Waals surface area contributed by atoms with Gasteiger partial charge in [-0.1, -0.05) is 18.7 Å². The number of thiophene rings is 1. The molecule has 30 heavy (non-hydrogen) atoms. The van der Waals surface area contributed by atoms with Crippen LogP contribution in [0.25, 0.3) is 11.4 Å². The third-order valence-electron chi connectivity index (χ3n) is 4.04. The highest BCUT2D eigenvalue weighted by Gasteiger charge is 2.19. The molecule has 2 heterocycles. The maximum absolute atomic E-state index is 12.4. The highest BCUT2D eigenvalue weighted by Crippen LogP contribution is 2.30. The van der Waals surface area contributed by atoms with Crippen LogP contribution >= 0.6 is 23.1 Å². The van der Waals surface area contributed by atoms with Crippen molar-refractivity contribution in [1.29, 1.82) is 0 Å². The fraction of sp³-hybridized carbons (Fsp3) is 0.300. The summed E-state index contributed by atoms with van der Waals surface area (Å²) in [6.45, 7) is 4.02. The minimum Gasteiger partial charge on any atom is -0.497 e. The molecule has 0 bridgehead atoms. The minimum absolute atomic E-state index is 0.113. The van der Waals surface area contributed by atoms with Crippen LogP contribution in [-0.4, -0.2) is 46.5 Å². The van der Waals surface area contributed by atoms with Crippen LogP contribution in [0.15, 0.2) is 35.5 Å². The van der Waals surface area contributed by atoms with Crippen molar-refractivity contribution < 1.29 is 19.1 Å². The Kier molecular flexibility index (Phi) is 7.47. The standard InChI is InChI=1S/C20H22N4O4S2/c1-4-14-10-15(19(26)28-5-2)18(30-14)21-16(25)11-29-20-22-17(23-24-20)12-6-8-13(27-3)9-7-12/h6-10H,4-5,11H2,1-3H3,(H,21,25)(H,22,23,24). The molecule has 0 atom stereocenters. The van der Waals surface area contributed by atoms with E-state index in [0.717, 1.165) is 22.6 Å². The van der Waals surface area contributed by atoms with Crippen LogP contribution in [-0.2, 0) is 16.0 Å². The van der Waals surface area contributed by atoms with E-state index in [1.807, 2.05) is 31.2 Å². The second-order valence-corrected chi connectivity index (χ2v) is 8.14. The van der Waals surface area contributed by atoms with E-state index in [2.05, 4.69) is 20.5 Å². The number of rotatable bonds is 9. The number of nitrogens with zero attached hydrogens (tertiary/aromatic N) is 2. The Bertz CT molecular complexity index is 1010. The van der Waals surface area contributed by atoms with Gasteiger partial charge in [0.15, 0.2) is 5.82 Å². The molecule has 2 N–H and O–H groups in total. The van der Waals surface area contributed by atoms with Crippen molar-refractivity contribution in [3.8, 4) is 17.1 Å². The Morgan fingerprint density at radius 1 is 1.23 bits per heavy atom. The van der Waals surface area contributed by atoms with Crippen molar-refractivity contribution in [2.75, 3.05) is 24.8 Å². The molecule has 158 valence electrons. The molecule has 0 saturated heterocycles. The summed E-state index contributed by atoms with van der Waals surface area (Å²) in [5.41, 5.74) is 1.25. The lowest BCUT2D eigenvalue weighted by atomic mass is 10.2. The number of aryl methyl sites for hydroxylation is 1. The molecule has 1 aromatic carbocycles. The number of aromatic nitrogens is 3. The van der Waals surface area contributed by atoms with E-state index in [-0.39, 0.29) is 18.3 Å². The summed E-state index contributed by atoms with van der Waals surface area (Å²) in [5.74, 6) is 0.796. The van der Waals surface area contributed by atoms with Gasteiger partial charge in [0.1, 0.15) is 10.8 Å². The fourth-order valence-electron chi connectivity index (χ4n) is 2.55. The first kappa shape index (κ1) is 21.8. The van der Waals surface area contributed by atoms with Gasteiger partial charge in [-0.05, 0) is 43.7 Å². The third-order valence-corrected chi connectivity index (χ3v) is 6.08. The second-order valence-electron chi connectivity index (χ2n) is 6.06. The molecule has 0 spiro atoms. The molecule has 1 amide bonds. The SMILES string of the molecule is CCOC(=O)c1cc(CC)sc1NC(=O)CSc1n[nH]c(-c2ccc(OC)cc2)n1. The monoisotopic (exact) mass is 446 g/mol. The molecule has 8 nitrogen and oxygen atoms in total. The predicted octanol–water partition coefficient (Wildman–Crippen LogP) is 4.01. The van der Waals surface area contributed by atoms with Gasteiger partial charge in [0.05, 0.1) is 25.0 Å². The summed E-state index contributed by atoms with van der Waals surface area (Å²) in [7, 11) is 1.61. The first-order chi connectivity index (χ1) is 14.5. The van der Waals surface area contributed by atoms with Crippen molar-refractivity contribution in [3.63, 3.8) is 0 Å². The topological polar surface area (TPSA) is 106 Å². The molecule has 0 saturated carbocycles. The third kappa shape index (κ3) is 5.39. The number of carbonyl (C=O) groups excluding carboxylic acids is 2. The van der Waals surface area contributed by atoms with Crippen molar-refractivity contribution in [3.05, 3.63) is 40.8 Å². The van der Waals surface area contributed by atoms with E-state index in [0.29, 0.717) is 21.5 Å². The molecule has 10 heteroatoms. The lowest BCUT2D eigenvalue weighted by Crippen LogP contribution is -2.16. The number of amides is 1. The number of anilines is 1. The molecule has 0 fully saturated rings. The normalized spacial score (nSPS) is 10.6. The molecule has 0 unspecified atom stereocenters. The zero-order chi connectivity index (χ0) is 21.5. The summed E-state index contributed by atoms with van der Waals surface area (Å²) < 4.78 is 10.2. The number of aromatic amines is 1. The average Bonchev–Trinajstić information content (AvgIpc) is 3.39. The van der Waals surface area contributed by atoms with Gasteiger partial charge in [-0.15, -0.1) is 16.4 Å². The molecule has 0 aliphatic heterocycles. The van der Waals surface area contributed by atoms with Crippen LogP contribution in [0.5, 0.6) is 5.75 Å². The Balaban J connectivity index is 1.60. The van der Waals surface area contributed by atoms with Crippen molar-refractivity contribution >= 4 is 40.0 Å². The van der Waals surface area contributed by atoms with Crippen LogP contribution in [0.1, 0.15) is 29.1 Å². The first-order valence-corrected chi connectivity index (χ1v) is 11.1. The van der Waals surface area contributed by atoms with Crippen LogP contribution in [0.3, 0.4) is 0 Å². The molecule has 0 radical (unpaired) electrons. The molecule has 2 aromatic heterocycles. The Morgan fingerprint density at radius 3 is 2.67 bits per heavy atom. The van der Waals surface area contributed by atoms with Gasteiger partial charge in [0, 0.05) is 10.4 Å². The molecule has 0 aliphatic rings. The fourth-order valence-corrected chi connectivity index (χ4v) is 4.15. The number of nitrogens with one attached hydrogen (secondary N) is 2. The number of carbonyl (C=O) groups is 2. The van der Waals surface area contributed by atoms with Gasteiger partial charge >= 0.3 is 5.97 Å². The number of hydrogen-bond acceptors (Lipinski definition) is 8. The Hall–Kier alpha value is -2.85. The van der Waals surface area contributed by atoms with Gasteiger partial charge in [-0.2, -0.15) is 0 Å². The van der Waals surface area contributed by atoms with Crippen LogP contribution in [0, 0.1) is 0 Å². The van der Waals surface area contributed by atoms with E-state index in [4.69, 9.17) is 9.47 Å². The van der Waals surface area contributed by atoms with E-state index in [9.17, 15) is 9.59 Å². The first-order valence-electron chi connectivity index (χ1n) is 9.33. The van der Waals surface area contributed by atoms with E-state index < -0.39 is 5.97 Å². The summed E-state index contributed by atoms with van der Waals surface area (Å²) in [5, 5.41) is 10.8. The average molecular weight is 447 g/mol. The Labute approximate surface area is 182 Å². The molecule has 3 rings (SSSR count). The van der Waals surface area contributed by atoms with Crippen molar-refractivity contribution in [1.82, 2.24) is 15.2 Å². The lowest BCUT2D eigenvalue weighted by molar-refractivity contribution is -0.113. The predicted molar refractivity (Wildman–Crippen MR) is 117 cm³/mol. The zero-order valence-electron chi connectivity index (χ0n) is 16.9. The highest BCUT2D eigenvalue weighted by atomic mass is 32.2. The lowest BCUT2D eigenvalue weighted by Gasteiger charge is -2.05. The summed E-state index contributed by atoms with van der Waals surface area (Å²) in [6.07, 6.45) is 0.771. The van der Waals surface area contributed by atoms with Crippen molar-refractivity contribution in [2.45, 2.75) is 25.4 Å². The van der Waals surface area contributed by atoms with Gasteiger partial charge in [0.2, 0.25) is 11.1 Å². The second kappa shape index (κ2) is 10.3. The molecule has 0 aliphatic carbocycles. The number of H-pyrrole nitrogens is 1. The number of hydrogen-bond donors (Lipinski definition) is 2. The van der Waals surface area contributed by atoms with Crippen molar-refractivity contribution in [2.24, 2.45) is 0 Å². The smallest absolute Gasteiger partial charge is 0.341 e. The molecular weight excluding hydrogens is 424 g/mol. The zero-order valence-corrected chi connectivity index (χ0v) is 18.5.